The summed E-state index contributed by atoms with van der Waals surface area (Å²) in [5.41, 5.74) is 1.94. The number of amides is 1. The summed E-state index contributed by atoms with van der Waals surface area (Å²) in [5.74, 6) is 0.0951. The van der Waals surface area contributed by atoms with Crippen LogP contribution in [-0.4, -0.2) is 74.1 Å². The quantitative estimate of drug-likeness (QED) is 0.313. The molecule has 188 valence electrons. The number of hydrogen-bond acceptors (Lipinski definition) is 7. The van der Waals surface area contributed by atoms with Crippen LogP contribution < -0.4 is 14.2 Å². The summed E-state index contributed by atoms with van der Waals surface area (Å²) in [6, 6.07) is 9.64. The van der Waals surface area contributed by atoms with Crippen molar-refractivity contribution in [3.63, 3.8) is 0 Å². The average Bonchev–Trinajstić information content (AvgIpc) is 3.13. The number of nitrogens with zero attached hydrogens (tertiary/aromatic N) is 2. The monoisotopic (exact) mass is 482 g/mol. The Labute approximate surface area is 206 Å². The van der Waals surface area contributed by atoms with Crippen molar-refractivity contribution >= 4 is 17.4 Å². The van der Waals surface area contributed by atoms with Crippen molar-refractivity contribution in [2.75, 3.05) is 47.5 Å². The highest BCUT2D eigenvalue weighted by molar-refractivity contribution is 6.46. The molecule has 1 N–H and O–H groups in total. The second kappa shape index (κ2) is 11.3. The van der Waals surface area contributed by atoms with Gasteiger partial charge in [-0.2, -0.15) is 0 Å². The Bertz CT molecular complexity index is 1120. The second-order valence-electron chi connectivity index (χ2n) is 8.32. The van der Waals surface area contributed by atoms with Crippen LogP contribution in [0.25, 0.3) is 5.76 Å². The van der Waals surface area contributed by atoms with Crippen molar-refractivity contribution in [2.24, 2.45) is 0 Å². The Morgan fingerprint density at radius 3 is 2.14 bits per heavy atom. The van der Waals surface area contributed by atoms with E-state index in [1.807, 2.05) is 6.92 Å². The Morgan fingerprint density at radius 1 is 0.943 bits per heavy atom. The molecule has 2 aromatic carbocycles. The minimum atomic E-state index is -0.771. The summed E-state index contributed by atoms with van der Waals surface area (Å²) in [6.07, 6.45) is 0. The smallest absolute Gasteiger partial charge is 0.295 e. The minimum absolute atomic E-state index is 0.0475. The molecule has 1 fully saturated rings. The highest BCUT2D eigenvalue weighted by Gasteiger charge is 2.46. The van der Waals surface area contributed by atoms with Gasteiger partial charge in [0.2, 0.25) is 0 Å². The standard InChI is InChI=1S/C27H34N2O6/c1-7-28(8-2)13-14-29-24(18-9-12-21(34-5)22(16-18)35-6)23(26(31)27(29)32)25(30)19-10-11-20(33-4)17(3)15-19/h9-12,15-16,24,30H,7-8,13-14H2,1-6H3. The molecule has 0 saturated carbocycles. The number of aliphatic hydroxyl groups excluding tert-OH is 1. The van der Waals surface area contributed by atoms with Crippen molar-refractivity contribution in [3.05, 3.63) is 58.7 Å². The topological polar surface area (TPSA) is 88.5 Å². The number of ketones is 1. The molecule has 0 aliphatic carbocycles. The van der Waals surface area contributed by atoms with Gasteiger partial charge in [0.15, 0.2) is 11.5 Å². The van der Waals surface area contributed by atoms with Crippen molar-refractivity contribution in [1.29, 1.82) is 0 Å². The van der Waals surface area contributed by atoms with Crippen molar-refractivity contribution < 1.29 is 28.9 Å². The van der Waals surface area contributed by atoms with Crippen LogP contribution in [0, 0.1) is 6.92 Å². The number of hydrogen-bond donors (Lipinski definition) is 1. The minimum Gasteiger partial charge on any atom is -0.507 e. The van der Waals surface area contributed by atoms with Crippen LogP contribution in [0.3, 0.4) is 0 Å². The van der Waals surface area contributed by atoms with E-state index in [0.717, 1.165) is 18.7 Å². The van der Waals surface area contributed by atoms with E-state index in [-0.39, 0.29) is 11.3 Å². The number of aliphatic hydroxyl groups is 1. The average molecular weight is 483 g/mol. The second-order valence-corrected chi connectivity index (χ2v) is 8.32. The summed E-state index contributed by atoms with van der Waals surface area (Å²) in [4.78, 5) is 30.2. The van der Waals surface area contributed by atoms with Crippen LogP contribution in [0.2, 0.25) is 0 Å². The third kappa shape index (κ3) is 5.12. The van der Waals surface area contributed by atoms with Gasteiger partial charge in [-0.1, -0.05) is 19.9 Å². The van der Waals surface area contributed by atoms with Crippen LogP contribution in [0.15, 0.2) is 42.0 Å². The fourth-order valence-corrected chi connectivity index (χ4v) is 4.45. The summed E-state index contributed by atoms with van der Waals surface area (Å²) in [5, 5.41) is 11.3. The van der Waals surface area contributed by atoms with Gasteiger partial charge in [-0.3, -0.25) is 9.59 Å². The molecule has 3 rings (SSSR count). The number of carbonyl (C=O) groups is 2. The predicted octanol–water partition coefficient (Wildman–Crippen LogP) is 3.78. The summed E-state index contributed by atoms with van der Waals surface area (Å²) in [7, 11) is 4.64. The van der Waals surface area contributed by atoms with E-state index >= 15 is 0 Å². The molecular weight excluding hydrogens is 448 g/mol. The largest absolute Gasteiger partial charge is 0.507 e. The van der Waals surface area contributed by atoms with E-state index in [4.69, 9.17) is 14.2 Å². The van der Waals surface area contributed by atoms with Crippen molar-refractivity contribution in [2.45, 2.75) is 26.8 Å². The molecule has 1 atom stereocenters. The number of Topliss-reactive ketones (excluding diaryl/α,β-unsaturated/α-hetero) is 1. The first-order valence-electron chi connectivity index (χ1n) is 11.7. The molecule has 35 heavy (non-hydrogen) atoms. The fraction of sp³-hybridized carbons (Fsp3) is 0.407. The maximum atomic E-state index is 13.3. The van der Waals surface area contributed by atoms with E-state index in [9.17, 15) is 14.7 Å². The molecule has 0 spiro atoms. The van der Waals surface area contributed by atoms with Gasteiger partial charge < -0.3 is 29.1 Å². The third-order valence-corrected chi connectivity index (χ3v) is 6.48. The molecule has 0 radical (unpaired) electrons. The third-order valence-electron chi connectivity index (χ3n) is 6.48. The summed E-state index contributed by atoms with van der Waals surface area (Å²) in [6.45, 7) is 8.54. The SMILES string of the molecule is CCN(CC)CCN1C(=O)C(=O)C(=C(O)c2ccc(OC)c(C)c2)C1c1ccc(OC)c(OC)c1. The molecule has 8 heteroatoms. The molecule has 2 aromatic rings. The molecule has 0 bridgehead atoms. The van der Waals surface area contributed by atoms with Gasteiger partial charge in [-0.15, -0.1) is 0 Å². The van der Waals surface area contributed by atoms with E-state index < -0.39 is 17.7 Å². The number of likely N-dealkylation sites (tertiary alicyclic amines) is 1. The Kier molecular flexibility index (Phi) is 8.40. The Balaban J connectivity index is 2.17. The number of benzene rings is 2. The maximum Gasteiger partial charge on any atom is 0.295 e. The molecule has 0 aromatic heterocycles. The van der Waals surface area contributed by atoms with Gasteiger partial charge in [0.05, 0.1) is 32.9 Å². The number of rotatable bonds is 10. The first kappa shape index (κ1) is 26.1. The van der Waals surface area contributed by atoms with E-state index in [2.05, 4.69) is 18.7 Å². The molecule has 1 unspecified atom stereocenters. The summed E-state index contributed by atoms with van der Waals surface area (Å²) >= 11 is 0. The fourth-order valence-electron chi connectivity index (χ4n) is 4.45. The lowest BCUT2D eigenvalue weighted by molar-refractivity contribution is -0.140. The molecule has 1 amide bonds. The van der Waals surface area contributed by atoms with E-state index in [0.29, 0.717) is 41.5 Å². The zero-order valence-electron chi connectivity index (χ0n) is 21.3. The molecule has 8 nitrogen and oxygen atoms in total. The van der Waals surface area contributed by atoms with Gasteiger partial charge in [0, 0.05) is 18.7 Å². The van der Waals surface area contributed by atoms with Crippen LogP contribution in [-0.2, 0) is 9.59 Å². The zero-order chi connectivity index (χ0) is 25.7. The van der Waals surface area contributed by atoms with Gasteiger partial charge >= 0.3 is 0 Å². The van der Waals surface area contributed by atoms with Crippen molar-refractivity contribution in [3.8, 4) is 17.2 Å². The molecule has 1 aliphatic heterocycles. The number of ether oxygens (including phenoxy) is 3. The number of carbonyl (C=O) groups excluding carboxylic acids is 2. The maximum absolute atomic E-state index is 13.3. The summed E-state index contributed by atoms with van der Waals surface area (Å²) < 4.78 is 16.1. The van der Waals surface area contributed by atoms with Crippen LogP contribution in [0.4, 0.5) is 0 Å². The molecule has 1 aliphatic rings. The van der Waals surface area contributed by atoms with Gasteiger partial charge in [0.25, 0.3) is 11.7 Å². The van der Waals surface area contributed by atoms with Gasteiger partial charge in [0.1, 0.15) is 11.5 Å². The zero-order valence-corrected chi connectivity index (χ0v) is 21.3. The van der Waals surface area contributed by atoms with E-state index in [1.54, 1.807) is 50.6 Å². The predicted molar refractivity (Wildman–Crippen MR) is 134 cm³/mol. The molecule has 1 saturated heterocycles. The van der Waals surface area contributed by atoms with Crippen molar-refractivity contribution in [1.82, 2.24) is 9.80 Å². The highest BCUT2D eigenvalue weighted by atomic mass is 16.5. The lowest BCUT2D eigenvalue weighted by Crippen LogP contribution is -2.38. The lowest BCUT2D eigenvalue weighted by Gasteiger charge is -2.28. The van der Waals surface area contributed by atoms with Gasteiger partial charge in [-0.25, -0.2) is 0 Å². The number of aryl methyl sites for hydroxylation is 1. The molecule has 1 heterocycles. The first-order chi connectivity index (χ1) is 16.8. The Morgan fingerprint density at radius 2 is 1.57 bits per heavy atom. The number of likely N-dealkylation sites (N-methyl/N-ethyl adjacent to an activating group) is 1. The van der Waals surface area contributed by atoms with Gasteiger partial charge in [-0.05, 0) is 61.5 Å². The van der Waals surface area contributed by atoms with E-state index in [1.165, 1.54) is 12.0 Å². The van der Waals surface area contributed by atoms with Crippen LogP contribution in [0.1, 0.15) is 36.6 Å². The first-order valence-corrected chi connectivity index (χ1v) is 11.7. The number of methoxy groups -OCH3 is 3. The highest BCUT2D eigenvalue weighted by Crippen LogP contribution is 2.42. The van der Waals surface area contributed by atoms with Crippen LogP contribution in [0.5, 0.6) is 17.2 Å². The Hall–Kier alpha value is -3.52. The lowest BCUT2D eigenvalue weighted by atomic mass is 9.94. The normalized spacial score (nSPS) is 17.2. The molecular formula is C27H34N2O6. The van der Waals surface area contributed by atoms with Crippen LogP contribution >= 0.6 is 0 Å².